The van der Waals surface area contributed by atoms with Gasteiger partial charge in [-0.2, -0.15) is 5.26 Å². The van der Waals surface area contributed by atoms with Gasteiger partial charge in [-0.3, -0.25) is 0 Å². The molecule has 88 valence electrons. The van der Waals surface area contributed by atoms with Crippen LogP contribution >= 0.6 is 11.6 Å². The van der Waals surface area contributed by atoms with Crippen molar-refractivity contribution in [1.29, 1.82) is 5.26 Å². The van der Waals surface area contributed by atoms with Crippen molar-refractivity contribution in [3.05, 3.63) is 34.6 Å². The second kappa shape index (κ2) is 3.44. The molecule has 0 bridgehead atoms. The summed E-state index contributed by atoms with van der Waals surface area (Å²) in [6.07, 6.45) is 1.78. The topological polar surface area (TPSA) is 33.0 Å². The molecule has 0 radical (unpaired) electrons. The molecule has 1 aromatic carbocycles. The SMILES string of the molecule is N#CC1(C2(c3ccc(F)c(Cl)c3)COC2)CC1. The largest absolute Gasteiger partial charge is 0.379 e. The lowest BCUT2D eigenvalue weighted by molar-refractivity contribution is -0.0867. The van der Waals surface area contributed by atoms with E-state index in [-0.39, 0.29) is 15.9 Å². The highest BCUT2D eigenvalue weighted by atomic mass is 35.5. The Morgan fingerprint density at radius 2 is 2.06 bits per heavy atom. The maximum Gasteiger partial charge on any atom is 0.141 e. The van der Waals surface area contributed by atoms with Gasteiger partial charge in [0.15, 0.2) is 0 Å². The third kappa shape index (κ3) is 1.34. The Labute approximate surface area is 104 Å². The van der Waals surface area contributed by atoms with Crippen LogP contribution in [0.4, 0.5) is 4.39 Å². The van der Waals surface area contributed by atoms with Gasteiger partial charge in [-0.15, -0.1) is 0 Å². The third-order valence-electron chi connectivity index (χ3n) is 4.05. The zero-order valence-electron chi connectivity index (χ0n) is 9.17. The normalized spacial score (nSPS) is 23.6. The number of nitrogens with zero attached hydrogens (tertiary/aromatic N) is 1. The molecule has 3 rings (SSSR count). The Kier molecular flexibility index (Phi) is 2.23. The fourth-order valence-electron chi connectivity index (χ4n) is 2.64. The van der Waals surface area contributed by atoms with E-state index in [0.717, 1.165) is 18.4 Å². The fraction of sp³-hybridized carbons (Fsp3) is 0.462. The van der Waals surface area contributed by atoms with Crippen LogP contribution in [0.2, 0.25) is 5.02 Å². The average molecular weight is 252 g/mol. The maximum absolute atomic E-state index is 13.2. The minimum atomic E-state index is -0.424. The van der Waals surface area contributed by atoms with Crippen LogP contribution in [0.1, 0.15) is 18.4 Å². The highest BCUT2D eigenvalue weighted by molar-refractivity contribution is 6.30. The Balaban J connectivity index is 2.07. The van der Waals surface area contributed by atoms with Gasteiger partial charge < -0.3 is 4.74 Å². The Bertz CT molecular complexity index is 515. The summed E-state index contributed by atoms with van der Waals surface area (Å²) in [6.45, 7) is 1.06. The first-order chi connectivity index (χ1) is 8.13. The van der Waals surface area contributed by atoms with Gasteiger partial charge in [0.25, 0.3) is 0 Å². The second-order valence-corrected chi connectivity index (χ2v) is 5.30. The van der Waals surface area contributed by atoms with Crippen LogP contribution in [-0.2, 0) is 10.2 Å². The van der Waals surface area contributed by atoms with E-state index in [9.17, 15) is 9.65 Å². The highest BCUT2D eigenvalue weighted by Gasteiger charge is 2.64. The van der Waals surface area contributed by atoms with Crippen molar-refractivity contribution in [2.45, 2.75) is 18.3 Å². The first-order valence-corrected chi connectivity index (χ1v) is 5.96. The van der Waals surface area contributed by atoms with Crippen molar-refractivity contribution in [3.8, 4) is 6.07 Å². The van der Waals surface area contributed by atoms with Gasteiger partial charge in [0.05, 0.1) is 35.1 Å². The van der Waals surface area contributed by atoms with E-state index in [1.165, 1.54) is 6.07 Å². The first-order valence-electron chi connectivity index (χ1n) is 5.58. The number of nitriles is 1. The number of hydrogen-bond acceptors (Lipinski definition) is 2. The van der Waals surface area contributed by atoms with Crippen LogP contribution < -0.4 is 0 Å². The van der Waals surface area contributed by atoms with Crippen molar-refractivity contribution in [1.82, 2.24) is 0 Å². The minimum Gasteiger partial charge on any atom is -0.379 e. The fourth-order valence-corrected chi connectivity index (χ4v) is 2.82. The van der Waals surface area contributed by atoms with E-state index in [0.29, 0.717) is 13.2 Å². The van der Waals surface area contributed by atoms with Gasteiger partial charge >= 0.3 is 0 Å². The van der Waals surface area contributed by atoms with E-state index in [1.54, 1.807) is 12.1 Å². The van der Waals surface area contributed by atoms with Crippen molar-refractivity contribution >= 4 is 11.6 Å². The van der Waals surface area contributed by atoms with Gasteiger partial charge in [0.1, 0.15) is 5.82 Å². The standard InChI is InChI=1S/C13H11ClFNO/c14-10-5-9(1-2-11(10)15)13(7-17-8-13)12(6-16)3-4-12/h1-2,5H,3-4,7-8H2. The molecule has 2 aliphatic rings. The van der Waals surface area contributed by atoms with Gasteiger partial charge in [0.2, 0.25) is 0 Å². The summed E-state index contributed by atoms with van der Waals surface area (Å²) in [4.78, 5) is 0. The number of hydrogen-bond donors (Lipinski definition) is 0. The molecule has 2 fully saturated rings. The molecule has 0 atom stereocenters. The van der Waals surface area contributed by atoms with Gasteiger partial charge in [-0.25, -0.2) is 4.39 Å². The van der Waals surface area contributed by atoms with Crippen LogP contribution in [0.15, 0.2) is 18.2 Å². The summed E-state index contributed by atoms with van der Waals surface area (Å²) in [5.74, 6) is -0.424. The summed E-state index contributed by atoms with van der Waals surface area (Å²) in [6, 6.07) is 7.14. The number of benzene rings is 1. The van der Waals surface area contributed by atoms with Gasteiger partial charge in [-0.1, -0.05) is 17.7 Å². The third-order valence-corrected chi connectivity index (χ3v) is 4.34. The van der Waals surface area contributed by atoms with Crippen LogP contribution in [0, 0.1) is 22.6 Å². The molecule has 1 heterocycles. The minimum absolute atomic E-state index is 0.113. The monoisotopic (exact) mass is 251 g/mol. The lowest BCUT2D eigenvalue weighted by Gasteiger charge is -2.45. The van der Waals surface area contributed by atoms with Gasteiger partial charge in [-0.05, 0) is 30.5 Å². The zero-order chi connectivity index (χ0) is 12.1. The predicted octanol–water partition coefficient (Wildman–Crippen LogP) is 3.05. The van der Waals surface area contributed by atoms with E-state index >= 15 is 0 Å². The number of ether oxygens (including phenoxy) is 1. The zero-order valence-corrected chi connectivity index (χ0v) is 9.93. The number of rotatable bonds is 2. The molecule has 0 spiro atoms. The van der Waals surface area contributed by atoms with Crippen LogP contribution in [-0.4, -0.2) is 13.2 Å². The summed E-state index contributed by atoms with van der Waals surface area (Å²) in [7, 11) is 0. The second-order valence-electron chi connectivity index (χ2n) is 4.90. The Hall–Kier alpha value is -1.11. The smallest absolute Gasteiger partial charge is 0.141 e. The van der Waals surface area contributed by atoms with E-state index in [4.69, 9.17) is 16.3 Å². The molecule has 1 aliphatic carbocycles. The molecular weight excluding hydrogens is 241 g/mol. The summed E-state index contributed by atoms with van der Waals surface area (Å²) < 4.78 is 18.5. The van der Waals surface area contributed by atoms with E-state index < -0.39 is 5.82 Å². The molecule has 1 saturated carbocycles. The lowest BCUT2D eigenvalue weighted by Crippen LogP contribution is -2.53. The van der Waals surface area contributed by atoms with E-state index in [1.807, 2.05) is 0 Å². The van der Waals surface area contributed by atoms with Crippen LogP contribution in [0.25, 0.3) is 0 Å². The molecule has 2 nitrogen and oxygen atoms in total. The summed E-state index contributed by atoms with van der Waals surface area (Å²) in [5.41, 5.74) is 0.320. The summed E-state index contributed by atoms with van der Waals surface area (Å²) in [5, 5.41) is 9.44. The van der Waals surface area contributed by atoms with Crippen LogP contribution in [0.5, 0.6) is 0 Å². The lowest BCUT2D eigenvalue weighted by atomic mass is 9.66. The molecule has 1 saturated heterocycles. The van der Waals surface area contributed by atoms with Crippen molar-refractivity contribution in [3.63, 3.8) is 0 Å². The molecule has 1 aliphatic heterocycles. The molecule has 17 heavy (non-hydrogen) atoms. The Morgan fingerprint density at radius 3 is 2.47 bits per heavy atom. The molecule has 0 aromatic heterocycles. The molecule has 0 N–H and O–H groups in total. The van der Waals surface area contributed by atoms with Gasteiger partial charge in [0, 0.05) is 0 Å². The summed E-state index contributed by atoms with van der Waals surface area (Å²) >= 11 is 5.82. The molecule has 4 heteroatoms. The first kappa shape index (κ1) is 11.0. The highest BCUT2D eigenvalue weighted by Crippen LogP contribution is 2.62. The predicted molar refractivity (Wildman–Crippen MR) is 61.2 cm³/mol. The molecule has 0 unspecified atom stereocenters. The van der Waals surface area contributed by atoms with E-state index in [2.05, 4.69) is 6.07 Å². The average Bonchev–Trinajstić information content (AvgIpc) is 3.03. The molecular formula is C13H11ClFNO. The van der Waals surface area contributed by atoms with Crippen molar-refractivity contribution in [2.24, 2.45) is 5.41 Å². The van der Waals surface area contributed by atoms with Crippen molar-refractivity contribution < 1.29 is 9.13 Å². The quantitative estimate of drug-likeness (QED) is 0.809. The molecule has 0 amide bonds. The van der Waals surface area contributed by atoms with Crippen LogP contribution in [0.3, 0.4) is 0 Å². The van der Waals surface area contributed by atoms with Crippen molar-refractivity contribution in [2.75, 3.05) is 13.2 Å². The number of halogens is 2. The molecule has 1 aromatic rings. The maximum atomic E-state index is 13.2. The Morgan fingerprint density at radius 1 is 1.35 bits per heavy atom.